The van der Waals surface area contributed by atoms with E-state index in [1.54, 1.807) is 16.4 Å². The topological polar surface area (TPSA) is 54.5 Å². The minimum Gasteiger partial charge on any atom is -0.295 e. The molecule has 1 aliphatic heterocycles. The van der Waals surface area contributed by atoms with E-state index in [1.165, 1.54) is 24.6 Å². The van der Waals surface area contributed by atoms with Gasteiger partial charge in [0.15, 0.2) is 5.78 Å². The van der Waals surface area contributed by atoms with E-state index in [0.29, 0.717) is 18.5 Å². The predicted octanol–water partition coefficient (Wildman–Crippen LogP) is 3.41. The molecule has 24 heavy (non-hydrogen) atoms. The third kappa shape index (κ3) is 2.89. The van der Waals surface area contributed by atoms with Crippen molar-refractivity contribution in [1.29, 1.82) is 0 Å². The summed E-state index contributed by atoms with van der Waals surface area (Å²) in [6.45, 7) is 5.73. The van der Waals surface area contributed by atoms with Crippen LogP contribution in [0.1, 0.15) is 42.3 Å². The summed E-state index contributed by atoms with van der Waals surface area (Å²) in [4.78, 5) is 11.6. The molecule has 1 aliphatic rings. The standard InChI is InChI=1S/C19H21NO3S/c1-14(21)15-8-10-18(11-9-15)24(22,23)20-13-17-7-5-4-6-16(17)12-19(20,2)3/h4-11H,12-13H2,1-3H3. The maximum atomic E-state index is 13.1. The molecule has 0 N–H and O–H groups in total. The van der Waals surface area contributed by atoms with Crippen LogP contribution in [-0.2, 0) is 23.0 Å². The number of fused-ring (bicyclic) bond motifs is 1. The summed E-state index contributed by atoms with van der Waals surface area (Å²) in [6.07, 6.45) is 0.675. The van der Waals surface area contributed by atoms with Crippen LogP contribution in [0.4, 0.5) is 0 Å². The van der Waals surface area contributed by atoms with E-state index in [-0.39, 0.29) is 10.7 Å². The Morgan fingerprint density at radius 1 is 1.00 bits per heavy atom. The van der Waals surface area contributed by atoms with Gasteiger partial charge in [-0.3, -0.25) is 4.79 Å². The number of carbonyl (C=O) groups excluding carboxylic acids is 1. The number of nitrogens with zero attached hydrogens (tertiary/aromatic N) is 1. The van der Waals surface area contributed by atoms with Crippen molar-refractivity contribution in [2.75, 3.05) is 0 Å². The Balaban J connectivity index is 2.01. The zero-order valence-corrected chi connectivity index (χ0v) is 14.9. The molecule has 0 aliphatic carbocycles. The van der Waals surface area contributed by atoms with Crippen LogP contribution in [0, 0.1) is 0 Å². The van der Waals surface area contributed by atoms with Crippen molar-refractivity contribution < 1.29 is 13.2 Å². The number of hydrogen-bond acceptors (Lipinski definition) is 3. The van der Waals surface area contributed by atoms with Crippen molar-refractivity contribution in [3.63, 3.8) is 0 Å². The molecule has 5 heteroatoms. The van der Waals surface area contributed by atoms with Gasteiger partial charge in [-0.15, -0.1) is 0 Å². The van der Waals surface area contributed by atoms with E-state index in [1.807, 2.05) is 32.0 Å². The lowest BCUT2D eigenvalue weighted by atomic mass is 9.88. The number of carbonyl (C=O) groups is 1. The van der Waals surface area contributed by atoms with E-state index in [2.05, 4.69) is 6.07 Å². The number of ketones is 1. The average Bonchev–Trinajstić information content (AvgIpc) is 2.53. The molecule has 0 saturated carbocycles. The van der Waals surface area contributed by atoms with Gasteiger partial charge < -0.3 is 0 Å². The summed E-state index contributed by atoms with van der Waals surface area (Å²) in [5, 5.41) is 0. The number of Topliss-reactive ketones (excluding diaryl/α,β-unsaturated/α-hetero) is 1. The monoisotopic (exact) mass is 343 g/mol. The van der Waals surface area contributed by atoms with Gasteiger partial charge in [-0.05, 0) is 50.5 Å². The molecular formula is C19H21NO3S. The quantitative estimate of drug-likeness (QED) is 0.803. The van der Waals surface area contributed by atoms with Crippen LogP contribution in [0.5, 0.6) is 0 Å². The number of hydrogen-bond donors (Lipinski definition) is 0. The van der Waals surface area contributed by atoms with Crippen LogP contribution in [-0.4, -0.2) is 24.0 Å². The van der Waals surface area contributed by atoms with Crippen molar-refractivity contribution in [3.8, 4) is 0 Å². The molecule has 0 amide bonds. The highest BCUT2D eigenvalue weighted by molar-refractivity contribution is 7.89. The summed E-state index contributed by atoms with van der Waals surface area (Å²) in [5.74, 6) is -0.0776. The van der Waals surface area contributed by atoms with E-state index in [0.717, 1.165) is 5.56 Å². The lowest BCUT2D eigenvalue weighted by Gasteiger charge is -2.42. The van der Waals surface area contributed by atoms with Gasteiger partial charge in [0.25, 0.3) is 0 Å². The van der Waals surface area contributed by atoms with Gasteiger partial charge in [-0.2, -0.15) is 4.31 Å². The molecule has 2 aromatic carbocycles. The molecule has 126 valence electrons. The first-order valence-electron chi connectivity index (χ1n) is 7.92. The highest BCUT2D eigenvalue weighted by Gasteiger charge is 2.40. The Morgan fingerprint density at radius 3 is 2.17 bits per heavy atom. The maximum absolute atomic E-state index is 13.1. The van der Waals surface area contributed by atoms with Gasteiger partial charge >= 0.3 is 0 Å². The summed E-state index contributed by atoms with van der Waals surface area (Å²) in [6, 6.07) is 14.1. The van der Waals surface area contributed by atoms with Crippen molar-refractivity contribution in [2.24, 2.45) is 0 Å². The van der Waals surface area contributed by atoms with E-state index >= 15 is 0 Å². The fourth-order valence-corrected chi connectivity index (χ4v) is 4.97. The highest BCUT2D eigenvalue weighted by atomic mass is 32.2. The third-order valence-electron chi connectivity index (χ3n) is 4.58. The summed E-state index contributed by atoms with van der Waals surface area (Å²) >= 11 is 0. The molecule has 0 fully saturated rings. The first-order valence-corrected chi connectivity index (χ1v) is 9.36. The molecule has 0 spiro atoms. The Hall–Kier alpha value is -1.98. The molecular weight excluding hydrogens is 322 g/mol. The van der Waals surface area contributed by atoms with Crippen molar-refractivity contribution in [1.82, 2.24) is 4.31 Å². The van der Waals surface area contributed by atoms with Gasteiger partial charge in [0.1, 0.15) is 0 Å². The lowest BCUT2D eigenvalue weighted by molar-refractivity contribution is 0.101. The summed E-state index contributed by atoms with van der Waals surface area (Å²) < 4.78 is 27.8. The Morgan fingerprint density at radius 2 is 1.58 bits per heavy atom. The number of benzene rings is 2. The van der Waals surface area contributed by atoms with Gasteiger partial charge in [0, 0.05) is 17.6 Å². The molecule has 0 radical (unpaired) electrons. The van der Waals surface area contributed by atoms with Gasteiger partial charge in [-0.25, -0.2) is 8.42 Å². The first kappa shape index (κ1) is 16.9. The fraction of sp³-hybridized carbons (Fsp3) is 0.316. The average molecular weight is 343 g/mol. The first-order chi connectivity index (χ1) is 11.2. The zero-order chi connectivity index (χ0) is 17.5. The van der Waals surface area contributed by atoms with E-state index in [9.17, 15) is 13.2 Å². The third-order valence-corrected chi connectivity index (χ3v) is 6.65. The van der Waals surface area contributed by atoms with Crippen molar-refractivity contribution in [3.05, 3.63) is 65.2 Å². The normalized spacial score (nSPS) is 17.3. The van der Waals surface area contributed by atoms with Gasteiger partial charge in [0.05, 0.1) is 4.90 Å². The minimum absolute atomic E-state index is 0.0776. The highest BCUT2D eigenvalue weighted by Crippen LogP contribution is 2.35. The van der Waals surface area contributed by atoms with Gasteiger partial charge in [-0.1, -0.05) is 36.4 Å². The fourth-order valence-electron chi connectivity index (χ4n) is 3.21. The molecule has 0 aromatic heterocycles. The molecule has 0 bridgehead atoms. The second kappa shape index (κ2) is 5.83. The van der Waals surface area contributed by atoms with Crippen LogP contribution in [0.3, 0.4) is 0 Å². The maximum Gasteiger partial charge on any atom is 0.243 e. The lowest BCUT2D eigenvalue weighted by Crippen LogP contribution is -2.51. The molecule has 3 rings (SSSR count). The van der Waals surface area contributed by atoms with Crippen LogP contribution in [0.15, 0.2) is 53.4 Å². The second-order valence-corrected chi connectivity index (χ2v) is 8.71. The van der Waals surface area contributed by atoms with Gasteiger partial charge in [0.2, 0.25) is 10.0 Å². The largest absolute Gasteiger partial charge is 0.295 e. The van der Waals surface area contributed by atoms with Crippen LogP contribution in [0.25, 0.3) is 0 Å². The summed E-state index contributed by atoms with van der Waals surface area (Å²) in [7, 11) is -3.63. The molecule has 0 unspecified atom stereocenters. The Labute approximate surface area is 143 Å². The molecule has 0 saturated heterocycles. The summed E-state index contributed by atoms with van der Waals surface area (Å²) in [5.41, 5.74) is 2.24. The second-order valence-electron chi connectivity index (χ2n) is 6.85. The number of sulfonamides is 1. The molecule has 1 heterocycles. The van der Waals surface area contributed by atoms with Crippen LogP contribution >= 0.6 is 0 Å². The zero-order valence-electron chi connectivity index (χ0n) is 14.1. The Kier molecular flexibility index (Phi) is 4.10. The SMILES string of the molecule is CC(=O)c1ccc(S(=O)(=O)N2Cc3ccccc3CC2(C)C)cc1. The molecule has 4 nitrogen and oxygen atoms in total. The molecule has 2 aromatic rings. The Bertz CT molecular complexity index is 883. The van der Waals surface area contributed by atoms with Crippen LogP contribution in [0.2, 0.25) is 0 Å². The number of rotatable bonds is 3. The predicted molar refractivity (Wildman–Crippen MR) is 93.4 cm³/mol. The van der Waals surface area contributed by atoms with E-state index < -0.39 is 15.6 Å². The van der Waals surface area contributed by atoms with E-state index in [4.69, 9.17) is 0 Å². The smallest absolute Gasteiger partial charge is 0.243 e. The van der Waals surface area contributed by atoms with Crippen molar-refractivity contribution >= 4 is 15.8 Å². The molecule has 0 atom stereocenters. The van der Waals surface area contributed by atoms with Crippen LogP contribution < -0.4 is 0 Å². The minimum atomic E-state index is -3.63. The van der Waals surface area contributed by atoms with Crippen molar-refractivity contribution in [2.45, 2.75) is 44.2 Å².